The minimum absolute atomic E-state index is 0. The van der Waals surface area contributed by atoms with Crippen molar-refractivity contribution in [3.63, 3.8) is 0 Å². The van der Waals surface area contributed by atoms with Crippen LogP contribution in [0.5, 0.6) is 5.75 Å². The van der Waals surface area contributed by atoms with E-state index >= 15 is 0 Å². The molecule has 2 N–H and O–H groups in total. The number of rotatable bonds is 8. The van der Waals surface area contributed by atoms with Crippen LogP contribution in [0.4, 0.5) is 21.9 Å². The zero-order valence-corrected chi connectivity index (χ0v) is 24.7. The van der Waals surface area contributed by atoms with Gasteiger partial charge in [-0.25, -0.2) is 4.79 Å². The number of hydrogen-bond donors (Lipinski definition) is 2. The van der Waals surface area contributed by atoms with Crippen LogP contribution in [0.15, 0.2) is 60.7 Å². The van der Waals surface area contributed by atoms with Gasteiger partial charge in [0.25, 0.3) is 0 Å². The van der Waals surface area contributed by atoms with E-state index in [9.17, 15) is 9.59 Å². The van der Waals surface area contributed by atoms with Crippen molar-refractivity contribution in [1.82, 2.24) is 9.80 Å². The fraction of sp³-hybridized carbons (Fsp3) is 0.375. The smallest absolute Gasteiger partial charge is 0.322 e. The first kappa shape index (κ1) is 31.5. The molecule has 2 fully saturated rings. The van der Waals surface area contributed by atoms with Crippen LogP contribution in [0.2, 0.25) is 10.0 Å². The fourth-order valence-electron chi connectivity index (χ4n) is 5.28. The molecule has 2 heterocycles. The highest BCUT2D eigenvalue weighted by atomic mass is 35.5. The zero-order valence-electron chi connectivity index (χ0n) is 23.2. The lowest BCUT2D eigenvalue weighted by atomic mass is 10.1. The molecule has 3 aromatic rings. The lowest BCUT2D eigenvalue weighted by Gasteiger charge is -2.36. The number of urea groups is 1. The summed E-state index contributed by atoms with van der Waals surface area (Å²) in [6.07, 6.45) is 2.73. The Hall–Kier alpha value is -3.46. The molecule has 2 aliphatic heterocycles. The van der Waals surface area contributed by atoms with Gasteiger partial charge in [-0.1, -0.05) is 42.8 Å². The highest BCUT2D eigenvalue weighted by molar-refractivity contribution is 6.39. The standard InChI is InChI=1S/C31H35Cl2N5O3.CH4/c1-41-26-10-4-22(5-11-26)20-29(39)34-24-6-8-25(9-7-24)37-14-16-38(17-15-37)31(40)35-30-27(32)18-23(19-28(30)33)21-36-12-2-3-13-36;/h4-11,18-19H,2-3,12-17,20-21H2,1H3,(H,34,39)(H,35,40);1H4. The molecular weight excluding hydrogens is 573 g/mol. The van der Waals surface area contributed by atoms with Crippen molar-refractivity contribution in [3.05, 3.63) is 81.8 Å². The summed E-state index contributed by atoms with van der Waals surface area (Å²) in [6.45, 7) is 5.49. The molecule has 5 rings (SSSR count). The number of halogens is 2. The number of carbonyl (C=O) groups is 2. The summed E-state index contributed by atoms with van der Waals surface area (Å²) in [5, 5.41) is 6.77. The minimum atomic E-state index is -0.212. The number of ether oxygens (including phenoxy) is 1. The van der Waals surface area contributed by atoms with Crippen LogP contribution in [0.1, 0.15) is 31.4 Å². The van der Waals surface area contributed by atoms with Gasteiger partial charge in [-0.2, -0.15) is 0 Å². The number of piperazine rings is 1. The molecule has 0 unspecified atom stereocenters. The van der Waals surface area contributed by atoms with Crippen LogP contribution in [0.3, 0.4) is 0 Å². The third-order valence-corrected chi connectivity index (χ3v) is 8.14. The molecule has 3 aromatic carbocycles. The molecule has 0 saturated carbocycles. The number of nitrogens with one attached hydrogen (secondary N) is 2. The Bertz CT molecular complexity index is 1330. The quantitative estimate of drug-likeness (QED) is 0.294. The topological polar surface area (TPSA) is 77.1 Å². The summed E-state index contributed by atoms with van der Waals surface area (Å²) in [5.74, 6) is 0.682. The Labute approximate surface area is 258 Å². The Morgan fingerprint density at radius 1 is 0.810 bits per heavy atom. The number of amides is 3. The maximum Gasteiger partial charge on any atom is 0.322 e. The molecule has 10 heteroatoms. The number of benzene rings is 3. The molecule has 0 atom stereocenters. The summed E-state index contributed by atoms with van der Waals surface area (Å²) in [4.78, 5) is 31.9. The summed E-state index contributed by atoms with van der Waals surface area (Å²) in [5.41, 5.74) is 4.20. The summed E-state index contributed by atoms with van der Waals surface area (Å²) in [7, 11) is 1.62. The van der Waals surface area contributed by atoms with Crippen molar-refractivity contribution in [2.75, 3.05) is 61.9 Å². The van der Waals surface area contributed by atoms with Crippen LogP contribution in [-0.4, -0.2) is 68.1 Å². The number of hydrogen-bond acceptors (Lipinski definition) is 5. The minimum Gasteiger partial charge on any atom is -0.497 e. The largest absolute Gasteiger partial charge is 0.497 e. The van der Waals surface area contributed by atoms with Gasteiger partial charge in [0.1, 0.15) is 5.75 Å². The van der Waals surface area contributed by atoms with E-state index in [1.807, 2.05) is 60.7 Å². The molecule has 42 heavy (non-hydrogen) atoms. The monoisotopic (exact) mass is 611 g/mol. The summed E-state index contributed by atoms with van der Waals surface area (Å²) >= 11 is 13.1. The predicted octanol–water partition coefficient (Wildman–Crippen LogP) is 6.77. The van der Waals surface area contributed by atoms with Crippen LogP contribution >= 0.6 is 23.2 Å². The van der Waals surface area contributed by atoms with Crippen molar-refractivity contribution >= 4 is 52.2 Å². The molecule has 2 aliphatic rings. The van der Waals surface area contributed by atoms with Crippen molar-refractivity contribution in [2.24, 2.45) is 0 Å². The first-order valence-corrected chi connectivity index (χ1v) is 14.7. The van der Waals surface area contributed by atoms with Crippen molar-refractivity contribution in [1.29, 1.82) is 0 Å². The zero-order chi connectivity index (χ0) is 28.8. The van der Waals surface area contributed by atoms with Crippen molar-refractivity contribution in [2.45, 2.75) is 33.2 Å². The summed E-state index contributed by atoms with van der Waals surface area (Å²) < 4.78 is 5.16. The first-order chi connectivity index (χ1) is 19.9. The second-order valence-electron chi connectivity index (χ2n) is 10.4. The average Bonchev–Trinajstić information content (AvgIpc) is 3.49. The first-order valence-electron chi connectivity index (χ1n) is 13.9. The third kappa shape index (κ3) is 8.09. The van der Waals surface area contributed by atoms with Crippen molar-refractivity contribution < 1.29 is 14.3 Å². The lowest BCUT2D eigenvalue weighted by molar-refractivity contribution is -0.115. The van der Waals surface area contributed by atoms with E-state index in [-0.39, 0.29) is 25.8 Å². The number of nitrogens with zero attached hydrogens (tertiary/aromatic N) is 3. The number of methoxy groups -OCH3 is 1. The number of carbonyl (C=O) groups excluding carboxylic acids is 2. The molecule has 0 spiro atoms. The highest BCUT2D eigenvalue weighted by Gasteiger charge is 2.23. The SMILES string of the molecule is C.COc1ccc(CC(=O)Nc2ccc(N3CCN(C(=O)Nc4c(Cl)cc(CN5CCCC5)cc4Cl)CC3)cc2)cc1. The van der Waals surface area contributed by atoms with Crippen LogP contribution < -0.4 is 20.3 Å². The Balaban J connectivity index is 0.00000405. The predicted molar refractivity (Wildman–Crippen MR) is 172 cm³/mol. The Morgan fingerprint density at radius 3 is 2.02 bits per heavy atom. The van der Waals surface area contributed by atoms with E-state index in [0.29, 0.717) is 41.9 Å². The van der Waals surface area contributed by atoms with Gasteiger partial charge in [-0.05, 0) is 85.6 Å². The van der Waals surface area contributed by atoms with Gasteiger partial charge in [0.15, 0.2) is 0 Å². The maximum absolute atomic E-state index is 13.0. The average molecular weight is 613 g/mol. The second-order valence-corrected chi connectivity index (χ2v) is 11.3. The van der Waals surface area contributed by atoms with E-state index in [2.05, 4.69) is 20.4 Å². The van der Waals surface area contributed by atoms with E-state index in [4.69, 9.17) is 27.9 Å². The number of anilines is 3. The maximum atomic E-state index is 13.0. The van der Waals surface area contributed by atoms with E-state index in [1.165, 1.54) is 12.8 Å². The van der Waals surface area contributed by atoms with Gasteiger partial charge >= 0.3 is 6.03 Å². The van der Waals surface area contributed by atoms with Gasteiger partial charge in [0.05, 0.1) is 29.3 Å². The van der Waals surface area contributed by atoms with Gasteiger partial charge in [-0.3, -0.25) is 9.69 Å². The summed E-state index contributed by atoms with van der Waals surface area (Å²) in [6, 6.07) is 18.8. The molecule has 0 radical (unpaired) electrons. The van der Waals surface area contributed by atoms with Crippen LogP contribution in [0, 0.1) is 0 Å². The van der Waals surface area contributed by atoms with E-state index in [1.54, 1.807) is 12.0 Å². The van der Waals surface area contributed by atoms with Crippen molar-refractivity contribution in [3.8, 4) is 5.75 Å². The molecule has 2 saturated heterocycles. The molecule has 8 nitrogen and oxygen atoms in total. The normalized spacial score (nSPS) is 15.2. The van der Waals surface area contributed by atoms with Gasteiger partial charge in [0.2, 0.25) is 5.91 Å². The third-order valence-electron chi connectivity index (χ3n) is 7.55. The highest BCUT2D eigenvalue weighted by Crippen LogP contribution is 2.33. The molecule has 0 aliphatic carbocycles. The molecule has 224 valence electrons. The molecule has 0 bridgehead atoms. The van der Waals surface area contributed by atoms with Crippen LogP contribution in [-0.2, 0) is 17.8 Å². The molecular formula is C32H39Cl2N5O3. The van der Waals surface area contributed by atoms with Crippen LogP contribution in [0.25, 0.3) is 0 Å². The van der Waals surface area contributed by atoms with E-state index in [0.717, 1.165) is 47.9 Å². The van der Waals surface area contributed by atoms with Gasteiger partial charge in [0, 0.05) is 44.1 Å². The fourth-order valence-corrected chi connectivity index (χ4v) is 5.91. The van der Waals surface area contributed by atoms with Gasteiger partial charge in [-0.15, -0.1) is 0 Å². The number of likely N-dealkylation sites (tertiary alicyclic amines) is 1. The second kappa shape index (κ2) is 14.6. The van der Waals surface area contributed by atoms with Gasteiger partial charge < -0.3 is 25.2 Å². The molecule has 0 aromatic heterocycles. The van der Waals surface area contributed by atoms with E-state index < -0.39 is 0 Å². The molecule has 3 amide bonds. The lowest BCUT2D eigenvalue weighted by Crippen LogP contribution is -2.50. The Kier molecular flexibility index (Phi) is 11.0. The Morgan fingerprint density at radius 2 is 1.43 bits per heavy atom.